The standard InChI is InChI=1S/C17H14ClN3/c1-21-15-5-3-2-4-11(15)8-16(21)13-9-12(18)10-14-17(13)20-7-6-19-14/h3,5-10H,2,4H2,1H3. The summed E-state index contributed by atoms with van der Waals surface area (Å²) in [6, 6.07) is 6.08. The van der Waals surface area contributed by atoms with Crippen LogP contribution in [0.3, 0.4) is 0 Å². The second-order valence-corrected chi connectivity index (χ2v) is 5.75. The average molecular weight is 296 g/mol. The molecule has 0 saturated heterocycles. The molecule has 0 spiro atoms. The van der Waals surface area contributed by atoms with Crippen LogP contribution in [0.1, 0.15) is 17.7 Å². The van der Waals surface area contributed by atoms with Gasteiger partial charge in [0.25, 0.3) is 0 Å². The van der Waals surface area contributed by atoms with Gasteiger partial charge in [-0.05, 0) is 42.7 Å². The molecule has 0 saturated carbocycles. The number of hydrogen-bond acceptors (Lipinski definition) is 2. The van der Waals surface area contributed by atoms with E-state index in [0.29, 0.717) is 5.02 Å². The van der Waals surface area contributed by atoms with Gasteiger partial charge in [0.05, 0.1) is 16.7 Å². The molecular formula is C17H14ClN3. The molecule has 0 bridgehead atoms. The first kappa shape index (κ1) is 12.6. The third-order valence-electron chi connectivity index (χ3n) is 4.03. The second-order valence-electron chi connectivity index (χ2n) is 5.32. The van der Waals surface area contributed by atoms with Gasteiger partial charge in [0.15, 0.2) is 0 Å². The molecular weight excluding hydrogens is 282 g/mol. The Morgan fingerprint density at radius 1 is 1.14 bits per heavy atom. The number of fused-ring (bicyclic) bond motifs is 2. The van der Waals surface area contributed by atoms with Gasteiger partial charge in [-0.3, -0.25) is 9.97 Å². The number of aromatic nitrogens is 3. The number of hydrogen-bond donors (Lipinski definition) is 0. The summed E-state index contributed by atoms with van der Waals surface area (Å²) in [6.45, 7) is 0. The summed E-state index contributed by atoms with van der Waals surface area (Å²) in [5.41, 5.74) is 6.55. The van der Waals surface area contributed by atoms with E-state index in [9.17, 15) is 0 Å². The lowest BCUT2D eigenvalue weighted by atomic mass is 10.0. The molecule has 0 aliphatic heterocycles. The second kappa shape index (κ2) is 4.71. The minimum absolute atomic E-state index is 0.688. The van der Waals surface area contributed by atoms with E-state index >= 15 is 0 Å². The lowest BCUT2D eigenvalue weighted by Gasteiger charge is -2.10. The van der Waals surface area contributed by atoms with Crippen LogP contribution in [-0.4, -0.2) is 14.5 Å². The molecule has 0 fully saturated rings. The number of halogens is 1. The van der Waals surface area contributed by atoms with Crippen LogP contribution in [0.2, 0.25) is 5.02 Å². The van der Waals surface area contributed by atoms with Crippen LogP contribution in [0.4, 0.5) is 0 Å². The maximum absolute atomic E-state index is 6.26. The molecule has 0 amide bonds. The van der Waals surface area contributed by atoms with Gasteiger partial charge in [0.1, 0.15) is 0 Å². The van der Waals surface area contributed by atoms with Crippen molar-refractivity contribution in [1.29, 1.82) is 0 Å². The van der Waals surface area contributed by atoms with Crippen LogP contribution in [0.5, 0.6) is 0 Å². The van der Waals surface area contributed by atoms with Crippen LogP contribution in [0.25, 0.3) is 28.4 Å². The fourth-order valence-corrected chi connectivity index (χ4v) is 3.24. The Morgan fingerprint density at radius 2 is 2.00 bits per heavy atom. The molecule has 21 heavy (non-hydrogen) atoms. The molecule has 0 radical (unpaired) electrons. The van der Waals surface area contributed by atoms with Crippen molar-refractivity contribution in [3.8, 4) is 11.3 Å². The largest absolute Gasteiger partial charge is 0.344 e. The summed E-state index contributed by atoms with van der Waals surface area (Å²) in [5, 5.41) is 0.688. The zero-order chi connectivity index (χ0) is 14.4. The molecule has 3 aromatic rings. The molecule has 4 heteroatoms. The summed E-state index contributed by atoms with van der Waals surface area (Å²) in [7, 11) is 2.09. The van der Waals surface area contributed by atoms with Gasteiger partial charge in [-0.25, -0.2) is 0 Å². The smallest absolute Gasteiger partial charge is 0.0981 e. The zero-order valence-electron chi connectivity index (χ0n) is 11.7. The highest BCUT2D eigenvalue weighted by Crippen LogP contribution is 2.34. The Balaban J connectivity index is 2.03. The van der Waals surface area contributed by atoms with Gasteiger partial charge in [0, 0.05) is 35.7 Å². The van der Waals surface area contributed by atoms with E-state index in [2.05, 4.69) is 39.8 Å². The van der Waals surface area contributed by atoms with Crippen molar-refractivity contribution in [2.45, 2.75) is 12.8 Å². The predicted octanol–water partition coefficient (Wildman–Crippen LogP) is 4.25. The Bertz CT molecular complexity index is 877. The maximum atomic E-state index is 6.26. The number of nitrogens with zero attached hydrogens (tertiary/aromatic N) is 3. The normalized spacial score (nSPS) is 13.6. The lowest BCUT2D eigenvalue weighted by Crippen LogP contribution is -1.98. The maximum Gasteiger partial charge on any atom is 0.0981 e. The van der Waals surface area contributed by atoms with Crippen molar-refractivity contribution in [2.75, 3.05) is 0 Å². The minimum Gasteiger partial charge on any atom is -0.344 e. The summed E-state index contributed by atoms with van der Waals surface area (Å²) < 4.78 is 2.21. The molecule has 2 heterocycles. The minimum atomic E-state index is 0.688. The average Bonchev–Trinajstić information content (AvgIpc) is 2.84. The molecule has 104 valence electrons. The van der Waals surface area contributed by atoms with Crippen molar-refractivity contribution < 1.29 is 0 Å². The van der Waals surface area contributed by atoms with Crippen molar-refractivity contribution in [2.24, 2.45) is 7.05 Å². The number of rotatable bonds is 1. The Morgan fingerprint density at radius 3 is 2.86 bits per heavy atom. The summed E-state index contributed by atoms with van der Waals surface area (Å²) in [6.07, 6.45) is 10.0. The molecule has 2 aromatic heterocycles. The van der Waals surface area contributed by atoms with E-state index in [-0.39, 0.29) is 0 Å². The first-order chi connectivity index (χ1) is 10.2. The van der Waals surface area contributed by atoms with E-state index < -0.39 is 0 Å². The lowest BCUT2D eigenvalue weighted by molar-refractivity contribution is 0.891. The molecule has 0 atom stereocenters. The predicted molar refractivity (Wildman–Crippen MR) is 86.3 cm³/mol. The van der Waals surface area contributed by atoms with Gasteiger partial charge >= 0.3 is 0 Å². The molecule has 1 aliphatic rings. The van der Waals surface area contributed by atoms with Gasteiger partial charge < -0.3 is 4.57 Å². The molecule has 0 unspecified atom stereocenters. The summed E-state index contributed by atoms with van der Waals surface area (Å²) in [5.74, 6) is 0. The highest BCUT2D eigenvalue weighted by Gasteiger charge is 2.17. The molecule has 1 aliphatic carbocycles. The van der Waals surface area contributed by atoms with Crippen LogP contribution >= 0.6 is 11.6 Å². The van der Waals surface area contributed by atoms with Gasteiger partial charge in [-0.2, -0.15) is 0 Å². The van der Waals surface area contributed by atoms with Gasteiger partial charge in [-0.1, -0.05) is 17.7 Å². The van der Waals surface area contributed by atoms with E-state index in [1.165, 1.54) is 11.3 Å². The summed E-state index contributed by atoms with van der Waals surface area (Å²) in [4.78, 5) is 8.86. The Labute approximate surface area is 127 Å². The summed E-state index contributed by atoms with van der Waals surface area (Å²) >= 11 is 6.26. The SMILES string of the molecule is Cn1c(-c2cc(Cl)cc3nccnc23)cc2c1C=CCC2. The third kappa shape index (κ3) is 1.96. The Kier molecular flexibility index (Phi) is 2.82. The van der Waals surface area contributed by atoms with E-state index in [1.54, 1.807) is 12.4 Å². The molecule has 3 nitrogen and oxygen atoms in total. The number of benzene rings is 1. The number of aryl methyl sites for hydroxylation is 1. The third-order valence-corrected chi connectivity index (χ3v) is 4.25. The van der Waals surface area contributed by atoms with Crippen molar-refractivity contribution >= 4 is 28.7 Å². The topological polar surface area (TPSA) is 30.7 Å². The molecule has 0 N–H and O–H groups in total. The highest BCUT2D eigenvalue weighted by atomic mass is 35.5. The van der Waals surface area contributed by atoms with Crippen molar-refractivity contribution in [1.82, 2.24) is 14.5 Å². The van der Waals surface area contributed by atoms with Crippen LogP contribution < -0.4 is 0 Å². The first-order valence-corrected chi connectivity index (χ1v) is 7.37. The Hall–Kier alpha value is -2.13. The molecule has 4 rings (SSSR count). The van der Waals surface area contributed by atoms with E-state index in [0.717, 1.165) is 35.1 Å². The van der Waals surface area contributed by atoms with Crippen molar-refractivity contribution in [3.63, 3.8) is 0 Å². The van der Waals surface area contributed by atoms with Crippen molar-refractivity contribution in [3.05, 3.63) is 52.9 Å². The van der Waals surface area contributed by atoms with Crippen LogP contribution in [0.15, 0.2) is 36.7 Å². The monoisotopic (exact) mass is 295 g/mol. The van der Waals surface area contributed by atoms with E-state index in [4.69, 9.17) is 11.6 Å². The number of allylic oxidation sites excluding steroid dienone is 1. The fraction of sp³-hybridized carbons (Fsp3) is 0.176. The van der Waals surface area contributed by atoms with E-state index in [1.807, 2.05) is 12.1 Å². The molecule has 1 aromatic carbocycles. The van der Waals surface area contributed by atoms with Crippen LogP contribution in [-0.2, 0) is 13.5 Å². The highest BCUT2D eigenvalue weighted by molar-refractivity contribution is 6.31. The van der Waals surface area contributed by atoms with Gasteiger partial charge in [-0.15, -0.1) is 0 Å². The first-order valence-electron chi connectivity index (χ1n) is 7.00. The quantitative estimate of drug-likeness (QED) is 0.672. The zero-order valence-corrected chi connectivity index (χ0v) is 12.4. The van der Waals surface area contributed by atoms with Gasteiger partial charge in [0.2, 0.25) is 0 Å². The van der Waals surface area contributed by atoms with Crippen LogP contribution in [0, 0.1) is 0 Å². The fourth-order valence-electron chi connectivity index (χ4n) is 3.03.